The number of benzene rings is 2. The highest BCUT2D eigenvalue weighted by atomic mass is 19.1. The molecule has 0 radical (unpaired) electrons. The summed E-state index contributed by atoms with van der Waals surface area (Å²) in [7, 11) is 1.81. The monoisotopic (exact) mass is 257 g/mol. The number of carbonyl (C=O) groups excluding carboxylic acids is 1. The number of rotatable bonds is 4. The van der Waals surface area contributed by atoms with E-state index in [2.05, 4.69) is 6.92 Å². The Balaban J connectivity index is 2.32. The SMILES string of the molecule is CCc1ccc(N(C)c2ccc(C=O)cc2F)cc1. The van der Waals surface area contributed by atoms with Crippen LogP contribution in [0.1, 0.15) is 22.8 Å². The molecule has 0 heterocycles. The number of nitrogens with zero attached hydrogens (tertiary/aromatic N) is 1. The summed E-state index contributed by atoms with van der Waals surface area (Å²) in [6.45, 7) is 2.09. The molecule has 2 aromatic rings. The molecule has 0 saturated heterocycles. The van der Waals surface area contributed by atoms with E-state index in [0.29, 0.717) is 17.5 Å². The van der Waals surface area contributed by atoms with Crippen molar-refractivity contribution in [1.82, 2.24) is 0 Å². The maximum absolute atomic E-state index is 13.9. The fourth-order valence-corrected chi connectivity index (χ4v) is 1.96. The van der Waals surface area contributed by atoms with Crippen LogP contribution in [0.4, 0.5) is 15.8 Å². The van der Waals surface area contributed by atoms with Crippen LogP contribution in [-0.4, -0.2) is 13.3 Å². The normalized spacial score (nSPS) is 10.3. The predicted octanol–water partition coefficient (Wildman–Crippen LogP) is 3.97. The summed E-state index contributed by atoms with van der Waals surface area (Å²) < 4.78 is 13.9. The summed E-state index contributed by atoms with van der Waals surface area (Å²) in [4.78, 5) is 12.4. The standard InChI is InChI=1S/C16H16FNO/c1-3-12-4-7-14(8-5-12)18(2)16-9-6-13(11-19)10-15(16)17/h4-11H,3H2,1-2H3. The van der Waals surface area contributed by atoms with Crippen LogP contribution in [0.25, 0.3) is 0 Å². The molecule has 0 amide bonds. The molecule has 0 unspecified atom stereocenters. The maximum atomic E-state index is 13.9. The third kappa shape index (κ3) is 2.81. The van der Waals surface area contributed by atoms with Crippen molar-refractivity contribution in [3.63, 3.8) is 0 Å². The number of halogens is 1. The second kappa shape index (κ2) is 5.65. The molecule has 98 valence electrons. The lowest BCUT2D eigenvalue weighted by atomic mass is 10.1. The van der Waals surface area contributed by atoms with E-state index in [9.17, 15) is 9.18 Å². The van der Waals surface area contributed by atoms with Gasteiger partial charge in [-0.25, -0.2) is 4.39 Å². The summed E-state index contributed by atoms with van der Waals surface area (Å²) >= 11 is 0. The van der Waals surface area contributed by atoms with Crippen LogP contribution in [0, 0.1) is 5.82 Å². The molecule has 0 aliphatic heterocycles. The van der Waals surface area contributed by atoms with E-state index in [1.165, 1.54) is 11.6 Å². The van der Waals surface area contributed by atoms with Gasteiger partial charge in [0, 0.05) is 18.3 Å². The molecule has 0 N–H and O–H groups in total. The summed E-state index contributed by atoms with van der Waals surface area (Å²) in [6.07, 6.45) is 1.62. The maximum Gasteiger partial charge on any atom is 0.150 e. The van der Waals surface area contributed by atoms with Gasteiger partial charge in [0.2, 0.25) is 0 Å². The predicted molar refractivity (Wildman–Crippen MR) is 75.7 cm³/mol. The summed E-state index contributed by atoms with van der Waals surface area (Å²) in [5.74, 6) is -0.397. The molecule has 0 atom stereocenters. The first-order valence-corrected chi connectivity index (χ1v) is 6.23. The molecular formula is C16H16FNO. The quantitative estimate of drug-likeness (QED) is 0.772. The average Bonchev–Trinajstić information content (AvgIpc) is 2.46. The van der Waals surface area contributed by atoms with Crippen molar-refractivity contribution in [2.24, 2.45) is 0 Å². The number of anilines is 2. The van der Waals surface area contributed by atoms with Crippen molar-refractivity contribution in [1.29, 1.82) is 0 Å². The highest BCUT2D eigenvalue weighted by Crippen LogP contribution is 2.26. The first-order valence-electron chi connectivity index (χ1n) is 6.23. The van der Waals surface area contributed by atoms with Gasteiger partial charge < -0.3 is 4.90 Å². The zero-order valence-corrected chi connectivity index (χ0v) is 11.1. The minimum atomic E-state index is -0.397. The Morgan fingerprint density at radius 2 is 1.84 bits per heavy atom. The van der Waals surface area contributed by atoms with E-state index in [4.69, 9.17) is 0 Å². The van der Waals surface area contributed by atoms with Crippen LogP contribution < -0.4 is 4.90 Å². The number of carbonyl (C=O) groups is 1. The Kier molecular flexibility index (Phi) is 3.95. The lowest BCUT2D eigenvalue weighted by molar-refractivity contribution is 0.112. The fraction of sp³-hybridized carbons (Fsp3) is 0.188. The van der Waals surface area contributed by atoms with Gasteiger partial charge in [0.15, 0.2) is 0 Å². The lowest BCUT2D eigenvalue weighted by Gasteiger charge is -2.20. The van der Waals surface area contributed by atoms with Gasteiger partial charge in [0.1, 0.15) is 12.1 Å². The Morgan fingerprint density at radius 1 is 1.16 bits per heavy atom. The molecule has 2 nitrogen and oxygen atoms in total. The minimum Gasteiger partial charge on any atom is -0.342 e. The van der Waals surface area contributed by atoms with Crippen molar-refractivity contribution in [2.75, 3.05) is 11.9 Å². The average molecular weight is 257 g/mol. The Labute approximate surface area is 112 Å². The van der Waals surface area contributed by atoms with Crippen molar-refractivity contribution in [3.8, 4) is 0 Å². The van der Waals surface area contributed by atoms with Crippen molar-refractivity contribution >= 4 is 17.7 Å². The van der Waals surface area contributed by atoms with Gasteiger partial charge >= 0.3 is 0 Å². The topological polar surface area (TPSA) is 20.3 Å². The fourth-order valence-electron chi connectivity index (χ4n) is 1.96. The Morgan fingerprint density at radius 3 is 2.37 bits per heavy atom. The van der Waals surface area contributed by atoms with Gasteiger partial charge in [0.25, 0.3) is 0 Å². The second-order valence-electron chi connectivity index (χ2n) is 4.41. The van der Waals surface area contributed by atoms with Crippen molar-refractivity contribution in [2.45, 2.75) is 13.3 Å². The molecule has 3 heteroatoms. The molecule has 0 bridgehead atoms. The van der Waals surface area contributed by atoms with Crippen LogP contribution in [-0.2, 0) is 6.42 Å². The number of hydrogen-bond donors (Lipinski definition) is 0. The highest BCUT2D eigenvalue weighted by Gasteiger charge is 2.10. The first kappa shape index (κ1) is 13.3. The van der Waals surface area contributed by atoms with Gasteiger partial charge in [-0.05, 0) is 42.3 Å². The molecule has 2 rings (SSSR count). The Bertz CT molecular complexity index is 578. The van der Waals surface area contributed by atoms with Crippen molar-refractivity contribution in [3.05, 3.63) is 59.4 Å². The molecule has 19 heavy (non-hydrogen) atoms. The van der Waals surface area contributed by atoms with Crippen molar-refractivity contribution < 1.29 is 9.18 Å². The van der Waals surface area contributed by atoms with Gasteiger partial charge in [-0.1, -0.05) is 19.1 Å². The van der Waals surface area contributed by atoms with Crippen LogP contribution >= 0.6 is 0 Å². The van der Waals surface area contributed by atoms with Crippen LogP contribution in [0.2, 0.25) is 0 Å². The van der Waals surface area contributed by atoms with E-state index in [0.717, 1.165) is 12.1 Å². The molecule has 0 spiro atoms. The lowest BCUT2D eigenvalue weighted by Crippen LogP contribution is -2.11. The molecule has 2 aromatic carbocycles. The second-order valence-corrected chi connectivity index (χ2v) is 4.41. The molecule has 0 aliphatic carbocycles. The van der Waals surface area contributed by atoms with Gasteiger partial charge in [0.05, 0.1) is 5.69 Å². The zero-order chi connectivity index (χ0) is 13.8. The summed E-state index contributed by atoms with van der Waals surface area (Å²) in [5.41, 5.74) is 2.95. The van der Waals surface area contributed by atoms with E-state index in [1.807, 2.05) is 24.3 Å². The third-order valence-electron chi connectivity index (χ3n) is 3.20. The van der Waals surface area contributed by atoms with E-state index in [1.54, 1.807) is 24.1 Å². The summed E-state index contributed by atoms with van der Waals surface area (Å²) in [5, 5.41) is 0. The minimum absolute atomic E-state index is 0.344. The van der Waals surface area contributed by atoms with Crippen LogP contribution in [0.5, 0.6) is 0 Å². The van der Waals surface area contributed by atoms with E-state index in [-0.39, 0.29) is 0 Å². The van der Waals surface area contributed by atoms with E-state index >= 15 is 0 Å². The largest absolute Gasteiger partial charge is 0.342 e. The van der Waals surface area contributed by atoms with Gasteiger partial charge in [-0.3, -0.25) is 4.79 Å². The number of hydrogen-bond acceptors (Lipinski definition) is 2. The van der Waals surface area contributed by atoms with Gasteiger partial charge in [-0.2, -0.15) is 0 Å². The molecular weight excluding hydrogens is 241 g/mol. The van der Waals surface area contributed by atoms with Crippen LogP contribution in [0.3, 0.4) is 0 Å². The van der Waals surface area contributed by atoms with Gasteiger partial charge in [-0.15, -0.1) is 0 Å². The summed E-state index contributed by atoms with van der Waals surface area (Å²) in [6, 6.07) is 12.5. The Hall–Kier alpha value is -2.16. The van der Waals surface area contributed by atoms with Crippen LogP contribution in [0.15, 0.2) is 42.5 Å². The molecule has 0 saturated carbocycles. The highest BCUT2D eigenvalue weighted by molar-refractivity contribution is 5.76. The number of aldehydes is 1. The molecule has 0 fully saturated rings. The first-order chi connectivity index (χ1) is 9.15. The smallest absolute Gasteiger partial charge is 0.150 e. The van der Waals surface area contributed by atoms with E-state index < -0.39 is 5.82 Å². The zero-order valence-electron chi connectivity index (χ0n) is 11.1. The third-order valence-corrected chi connectivity index (χ3v) is 3.20. The molecule has 0 aromatic heterocycles. The number of aryl methyl sites for hydroxylation is 1. The molecule has 0 aliphatic rings.